The summed E-state index contributed by atoms with van der Waals surface area (Å²) in [6, 6.07) is -0.483. The van der Waals surface area contributed by atoms with Crippen molar-refractivity contribution in [1.82, 2.24) is 9.88 Å². The van der Waals surface area contributed by atoms with Gasteiger partial charge in [0.15, 0.2) is 0 Å². The first-order valence-electron chi connectivity index (χ1n) is 7.58. The minimum atomic E-state index is -0.855. The van der Waals surface area contributed by atoms with Crippen LogP contribution in [0.5, 0.6) is 0 Å². The van der Waals surface area contributed by atoms with Crippen LogP contribution in [0.15, 0.2) is 10.9 Å². The normalized spacial score (nSPS) is 28.4. The van der Waals surface area contributed by atoms with Crippen LogP contribution in [0.3, 0.4) is 0 Å². The summed E-state index contributed by atoms with van der Waals surface area (Å²) >= 11 is 1.52. The first kappa shape index (κ1) is 14.5. The van der Waals surface area contributed by atoms with Gasteiger partial charge in [-0.3, -0.25) is 4.79 Å². The highest BCUT2D eigenvalue weighted by Crippen LogP contribution is 2.40. The van der Waals surface area contributed by atoms with Crippen molar-refractivity contribution in [2.75, 3.05) is 0 Å². The molecule has 1 N–H and O–H groups in total. The predicted octanol–water partition coefficient (Wildman–Crippen LogP) is 2.32. The lowest BCUT2D eigenvalue weighted by Crippen LogP contribution is -2.46. The van der Waals surface area contributed by atoms with Crippen LogP contribution in [-0.4, -0.2) is 39.0 Å². The molecule has 0 radical (unpaired) electrons. The van der Waals surface area contributed by atoms with Gasteiger partial charge >= 0.3 is 5.97 Å². The van der Waals surface area contributed by atoms with Crippen molar-refractivity contribution in [3.05, 3.63) is 16.6 Å². The maximum absolute atomic E-state index is 12.5. The van der Waals surface area contributed by atoms with Crippen LogP contribution in [-0.2, 0) is 16.0 Å². The van der Waals surface area contributed by atoms with E-state index in [2.05, 4.69) is 4.98 Å². The summed E-state index contributed by atoms with van der Waals surface area (Å²) in [6.45, 7) is 0. The lowest BCUT2D eigenvalue weighted by Gasteiger charge is -2.33. The number of aliphatic carboxylic acids is 1. The number of hydrogen-bond donors (Lipinski definition) is 1. The number of aryl methyl sites for hydroxylation is 1. The molecule has 1 amide bonds. The molecule has 0 aromatic carbocycles. The second kappa shape index (κ2) is 6.13. The molecule has 3 atom stereocenters. The third-order valence-electron chi connectivity index (χ3n) is 4.74. The summed E-state index contributed by atoms with van der Waals surface area (Å²) < 4.78 is 0. The van der Waals surface area contributed by atoms with E-state index in [0.29, 0.717) is 25.2 Å². The molecule has 5 nitrogen and oxygen atoms in total. The van der Waals surface area contributed by atoms with E-state index in [0.717, 1.165) is 31.4 Å². The molecule has 114 valence electrons. The average Bonchev–Trinajstić information content (AvgIpc) is 3.11. The van der Waals surface area contributed by atoms with Gasteiger partial charge in [-0.2, -0.15) is 0 Å². The predicted molar refractivity (Wildman–Crippen MR) is 79.1 cm³/mol. The summed E-state index contributed by atoms with van der Waals surface area (Å²) in [7, 11) is 0. The lowest BCUT2D eigenvalue weighted by atomic mass is 9.84. The monoisotopic (exact) mass is 308 g/mol. The molecule has 21 heavy (non-hydrogen) atoms. The molecule has 1 aliphatic carbocycles. The van der Waals surface area contributed by atoms with Gasteiger partial charge in [0.05, 0.1) is 11.2 Å². The highest BCUT2D eigenvalue weighted by Gasteiger charge is 2.47. The number of carboxylic acids is 1. The molecule has 1 aromatic heterocycles. The van der Waals surface area contributed by atoms with E-state index in [9.17, 15) is 14.7 Å². The van der Waals surface area contributed by atoms with Crippen molar-refractivity contribution in [2.24, 2.45) is 5.92 Å². The number of thiazole rings is 1. The highest BCUT2D eigenvalue weighted by molar-refractivity contribution is 7.07. The van der Waals surface area contributed by atoms with Crippen LogP contribution in [0.4, 0.5) is 0 Å². The smallest absolute Gasteiger partial charge is 0.326 e. The van der Waals surface area contributed by atoms with E-state index in [1.807, 2.05) is 5.38 Å². The van der Waals surface area contributed by atoms with Gasteiger partial charge in [0.1, 0.15) is 6.04 Å². The number of fused-ring (bicyclic) bond motifs is 1. The number of rotatable bonds is 4. The number of nitrogens with zero attached hydrogens (tertiary/aromatic N) is 2. The zero-order chi connectivity index (χ0) is 14.8. The van der Waals surface area contributed by atoms with Gasteiger partial charge in [-0.15, -0.1) is 11.3 Å². The molecule has 2 heterocycles. The van der Waals surface area contributed by atoms with E-state index < -0.39 is 12.0 Å². The summed E-state index contributed by atoms with van der Waals surface area (Å²) in [4.78, 5) is 29.9. The van der Waals surface area contributed by atoms with Gasteiger partial charge in [0.2, 0.25) is 5.91 Å². The Bertz CT molecular complexity index is 517. The van der Waals surface area contributed by atoms with Crippen LogP contribution in [0.1, 0.15) is 44.2 Å². The molecular weight excluding hydrogens is 288 g/mol. The molecule has 1 saturated heterocycles. The topological polar surface area (TPSA) is 70.5 Å². The molecule has 3 unspecified atom stereocenters. The van der Waals surface area contributed by atoms with Crippen LogP contribution >= 0.6 is 11.3 Å². The molecule has 3 rings (SSSR count). The van der Waals surface area contributed by atoms with Crippen molar-refractivity contribution >= 4 is 23.2 Å². The molecular formula is C15H20N2O3S. The molecule has 6 heteroatoms. The minimum Gasteiger partial charge on any atom is -0.480 e. The van der Waals surface area contributed by atoms with Gasteiger partial charge in [-0.05, 0) is 31.6 Å². The van der Waals surface area contributed by atoms with Crippen LogP contribution in [0.25, 0.3) is 0 Å². The SMILES string of the molecule is O=C(O)C1CC2CCCCC2N1C(=O)CCc1cscn1. The zero-order valence-electron chi connectivity index (χ0n) is 11.9. The van der Waals surface area contributed by atoms with Crippen LogP contribution < -0.4 is 0 Å². The van der Waals surface area contributed by atoms with E-state index in [1.54, 1.807) is 10.4 Å². The number of carboxylic acid groups (broad SMARTS) is 1. The molecule has 1 saturated carbocycles. The average molecular weight is 308 g/mol. The number of likely N-dealkylation sites (tertiary alicyclic amines) is 1. The Morgan fingerprint density at radius 2 is 2.19 bits per heavy atom. The molecule has 0 spiro atoms. The maximum atomic E-state index is 12.5. The van der Waals surface area contributed by atoms with Gasteiger partial charge < -0.3 is 10.0 Å². The number of aromatic nitrogens is 1. The Labute approximate surface area is 128 Å². The van der Waals surface area contributed by atoms with Gasteiger partial charge in [0, 0.05) is 17.8 Å². The third-order valence-corrected chi connectivity index (χ3v) is 5.37. The molecule has 2 aliphatic rings. The number of carbonyl (C=O) groups is 2. The molecule has 1 aromatic rings. The molecule has 1 aliphatic heterocycles. The first-order chi connectivity index (χ1) is 10.2. The van der Waals surface area contributed by atoms with E-state index in [1.165, 1.54) is 11.3 Å². The van der Waals surface area contributed by atoms with E-state index in [4.69, 9.17) is 0 Å². The highest BCUT2D eigenvalue weighted by atomic mass is 32.1. The van der Waals surface area contributed by atoms with Crippen molar-refractivity contribution < 1.29 is 14.7 Å². The van der Waals surface area contributed by atoms with Crippen LogP contribution in [0.2, 0.25) is 0 Å². The largest absolute Gasteiger partial charge is 0.480 e. The summed E-state index contributed by atoms with van der Waals surface area (Å²) in [6.07, 6.45) is 5.86. The molecule has 2 fully saturated rings. The second-order valence-electron chi connectivity index (χ2n) is 5.98. The van der Waals surface area contributed by atoms with Crippen LogP contribution in [0, 0.1) is 5.92 Å². The van der Waals surface area contributed by atoms with Gasteiger partial charge in [-0.1, -0.05) is 12.8 Å². The van der Waals surface area contributed by atoms with Crippen molar-refractivity contribution in [3.8, 4) is 0 Å². The van der Waals surface area contributed by atoms with Crippen molar-refractivity contribution in [2.45, 2.75) is 57.0 Å². The number of amides is 1. The standard InChI is InChI=1S/C15H20N2O3S/c18-14(6-5-11-8-21-9-16-11)17-12-4-2-1-3-10(12)7-13(17)15(19)20/h8-10,12-13H,1-7H2,(H,19,20). The van der Waals surface area contributed by atoms with Gasteiger partial charge in [0.25, 0.3) is 0 Å². The molecule has 0 bridgehead atoms. The lowest BCUT2D eigenvalue weighted by molar-refractivity contribution is -0.149. The Morgan fingerprint density at radius 3 is 2.90 bits per heavy atom. The Hall–Kier alpha value is -1.43. The van der Waals surface area contributed by atoms with Crippen molar-refractivity contribution in [1.29, 1.82) is 0 Å². The third kappa shape index (κ3) is 2.95. The summed E-state index contributed by atoms with van der Waals surface area (Å²) in [5, 5.41) is 11.4. The summed E-state index contributed by atoms with van der Waals surface area (Å²) in [5.74, 6) is -0.501. The number of carbonyl (C=O) groups excluding carboxylic acids is 1. The fourth-order valence-corrected chi connectivity index (χ4v) is 4.36. The maximum Gasteiger partial charge on any atom is 0.326 e. The minimum absolute atomic E-state index is 0.0233. The number of hydrogen-bond acceptors (Lipinski definition) is 4. The Morgan fingerprint density at radius 1 is 1.38 bits per heavy atom. The fourth-order valence-electron chi connectivity index (χ4n) is 3.76. The first-order valence-corrected chi connectivity index (χ1v) is 8.52. The quantitative estimate of drug-likeness (QED) is 0.926. The van der Waals surface area contributed by atoms with Crippen molar-refractivity contribution in [3.63, 3.8) is 0 Å². The zero-order valence-corrected chi connectivity index (χ0v) is 12.7. The van der Waals surface area contributed by atoms with E-state index >= 15 is 0 Å². The van der Waals surface area contributed by atoms with Gasteiger partial charge in [-0.25, -0.2) is 9.78 Å². The van der Waals surface area contributed by atoms with E-state index in [-0.39, 0.29) is 11.9 Å². The fraction of sp³-hybridized carbons (Fsp3) is 0.667. The Balaban J connectivity index is 1.70. The second-order valence-corrected chi connectivity index (χ2v) is 6.70. The summed E-state index contributed by atoms with van der Waals surface area (Å²) in [5.41, 5.74) is 2.67. The Kier molecular flexibility index (Phi) is 4.24.